The van der Waals surface area contributed by atoms with E-state index in [1.54, 1.807) is 12.1 Å². The second kappa shape index (κ2) is 4.96. The summed E-state index contributed by atoms with van der Waals surface area (Å²) in [7, 11) is 0. The van der Waals surface area contributed by atoms with Gasteiger partial charge in [0.15, 0.2) is 0 Å². The van der Waals surface area contributed by atoms with Crippen molar-refractivity contribution in [3.63, 3.8) is 0 Å². The molecule has 1 nitrogen and oxygen atoms in total. The first-order valence-corrected chi connectivity index (χ1v) is 5.18. The Labute approximate surface area is 91.0 Å². The van der Waals surface area contributed by atoms with Gasteiger partial charge >= 0.3 is 0 Å². The highest BCUT2D eigenvalue weighted by Gasteiger charge is 2.13. The molecule has 82 valence electrons. The first-order valence-electron chi connectivity index (χ1n) is 5.18. The highest BCUT2D eigenvalue weighted by molar-refractivity contribution is 5.21. The summed E-state index contributed by atoms with van der Waals surface area (Å²) in [5, 5.41) is 3.24. The number of rotatable bonds is 4. The number of nitrogens with one attached hydrogen (secondary N) is 1. The Hall–Kier alpha value is -1.31. The van der Waals surface area contributed by atoms with Crippen LogP contribution in [0.15, 0.2) is 36.5 Å². The molecule has 0 aliphatic carbocycles. The van der Waals surface area contributed by atoms with Crippen LogP contribution < -0.4 is 5.32 Å². The third kappa shape index (κ3) is 3.39. The van der Waals surface area contributed by atoms with Crippen molar-refractivity contribution < 1.29 is 4.39 Å². The molecule has 2 heteroatoms. The van der Waals surface area contributed by atoms with E-state index >= 15 is 0 Å². The molecule has 1 aromatic rings. The fourth-order valence-electron chi connectivity index (χ4n) is 1.59. The summed E-state index contributed by atoms with van der Waals surface area (Å²) >= 11 is 0. The standard InChI is InChI=1S/C13H18FN/c1-9(2)15-11(4)10(3)12-6-5-7-13(14)8-12/h5-8,10-11,15H,1H2,2-4H3/t10?,11-/m0/s1. The molecule has 0 saturated carbocycles. The number of hydrogen-bond donors (Lipinski definition) is 1. The van der Waals surface area contributed by atoms with E-state index in [1.807, 2.05) is 13.0 Å². The summed E-state index contributed by atoms with van der Waals surface area (Å²) in [6.45, 7) is 9.88. The Morgan fingerprint density at radius 3 is 2.60 bits per heavy atom. The van der Waals surface area contributed by atoms with Crippen LogP contribution in [0.1, 0.15) is 32.3 Å². The zero-order valence-corrected chi connectivity index (χ0v) is 9.55. The number of hydrogen-bond acceptors (Lipinski definition) is 1. The van der Waals surface area contributed by atoms with Crippen molar-refractivity contribution in [3.8, 4) is 0 Å². The van der Waals surface area contributed by atoms with Gasteiger partial charge in [0.25, 0.3) is 0 Å². The Morgan fingerprint density at radius 1 is 1.40 bits per heavy atom. The van der Waals surface area contributed by atoms with Crippen LogP contribution in [0.2, 0.25) is 0 Å². The topological polar surface area (TPSA) is 12.0 Å². The fraction of sp³-hybridized carbons (Fsp3) is 0.385. The van der Waals surface area contributed by atoms with Crippen LogP contribution in [0.25, 0.3) is 0 Å². The first kappa shape index (κ1) is 11.8. The maximum atomic E-state index is 13.0. The van der Waals surface area contributed by atoms with Gasteiger partial charge in [0, 0.05) is 17.7 Å². The lowest BCUT2D eigenvalue weighted by atomic mass is 9.94. The molecule has 0 aliphatic heterocycles. The first-order chi connectivity index (χ1) is 7.00. The number of allylic oxidation sites excluding steroid dienone is 1. The average Bonchev–Trinajstić information content (AvgIpc) is 2.15. The van der Waals surface area contributed by atoms with E-state index in [0.29, 0.717) is 0 Å². The number of benzene rings is 1. The maximum absolute atomic E-state index is 13.0. The van der Waals surface area contributed by atoms with E-state index in [-0.39, 0.29) is 17.8 Å². The van der Waals surface area contributed by atoms with E-state index in [9.17, 15) is 4.39 Å². The minimum Gasteiger partial charge on any atom is -0.386 e. The molecule has 0 aromatic heterocycles. The third-order valence-electron chi connectivity index (χ3n) is 2.60. The molecule has 15 heavy (non-hydrogen) atoms. The van der Waals surface area contributed by atoms with Gasteiger partial charge < -0.3 is 5.32 Å². The van der Waals surface area contributed by atoms with Crippen molar-refractivity contribution in [3.05, 3.63) is 47.9 Å². The summed E-state index contributed by atoms with van der Waals surface area (Å²) in [4.78, 5) is 0. The van der Waals surface area contributed by atoms with Gasteiger partial charge in [-0.15, -0.1) is 0 Å². The highest BCUT2D eigenvalue weighted by Crippen LogP contribution is 2.20. The van der Waals surface area contributed by atoms with Gasteiger partial charge in [-0.3, -0.25) is 0 Å². The average molecular weight is 207 g/mol. The van der Waals surface area contributed by atoms with Gasteiger partial charge in [-0.05, 0) is 31.5 Å². The van der Waals surface area contributed by atoms with E-state index in [1.165, 1.54) is 6.07 Å². The third-order valence-corrected chi connectivity index (χ3v) is 2.60. The lowest BCUT2D eigenvalue weighted by Gasteiger charge is -2.22. The van der Waals surface area contributed by atoms with Crippen LogP contribution in [0.5, 0.6) is 0 Å². The van der Waals surface area contributed by atoms with Crippen molar-refractivity contribution >= 4 is 0 Å². The van der Waals surface area contributed by atoms with E-state index < -0.39 is 0 Å². The van der Waals surface area contributed by atoms with Crippen molar-refractivity contribution in [2.75, 3.05) is 0 Å². The molecular formula is C13H18FN. The molecule has 1 unspecified atom stereocenters. The molecule has 1 N–H and O–H groups in total. The SMILES string of the molecule is C=C(C)N[C@@H](C)C(C)c1cccc(F)c1. The molecule has 0 amide bonds. The highest BCUT2D eigenvalue weighted by atomic mass is 19.1. The molecule has 1 rings (SSSR count). The molecule has 0 aliphatic rings. The molecule has 0 radical (unpaired) electrons. The minimum absolute atomic E-state index is 0.179. The Balaban J connectivity index is 2.75. The molecule has 0 heterocycles. The summed E-state index contributed by atoms with van der Waals surface area (Å²) in [6.07, 6.45) is 0. The van der Waals surface area contributed by atoms with Crippen molar-refractivity contribution in [2.24, 2.45) is 0 Å². The van der Waals surface area contributed by atoms with Crippen LogP contribution >= 0.6 is 0 Å². The normalized spacial score (nSPS) is 14.4. The predicted octanol–water partition coefficient (Wildman–Crippen LogP) is 3.44. The summed E-state index contributed by atoms with van der Waals surface area (Å²) in [5.41, 5.74) is 1.95. The summed E-state index contributed by atoms with van der Waals surface area (Å²) in [5.74, 6) is 0.0827. The molecule has 0 saturated heterocycles. The van der Waals surface area contributed by atoms with Crippen molar-refractivity contribution in [1.82, 2.24) is 5.32 Å². The fourth-order valence-corrected chi connectivity index (χ4v) is 1.59. The maximum Gasteiger partial charge on any atom is 0.123 e. The quantitative estimate of drug-likeness (QED) is 0.797. The van der Waals surface area contributed by atoms with Crippen LogP contribution in [-0.4, -0.2) is 6.04 Å². The number of halogens is 1. The second-order valence-corrected chi connectivity index (χ2v) is 4.06. The van der Waals surface area contributed by atoms with Gasteiger partial charge in [-0.25, -0.2) is 4.39 Å². The molecular weight excluding hydrogens is 189 g/mol. The minimum atomic E-state index is -0.179. The lowest BCUT2D eigenvalue weighted by molar-refractivity contribution is 0.524. The molecule has 2 atom stereocenters. The summed E-state index contributed by atoms with van der Waals surface area (Å²) in [6, 6.07) is 7.00. The van der Waals surface area contributed by atoms with Crippen molar-refractivity contribution in [1.29, 1.82) is 0 Å². The second-order valence-electron chi connectivity index (χ2n) is 4.06. The Morgan fingerprint density at radius 2 is 2.07 bits per heavy atom. The monoisotopic (exact) mass is 207 g/mol. The predicted molar refractivity (Wildman–Crippen MR) is 62.2 cm³/mol. The largest absolute Gasteiger partial charge is 0.386 e. The van der Waals surface area contributed by atoms with Crippen LogP contribution in [0.4, 0.5) is 4.39 Å². The Bertz CT molecular complexity index is 346. The van der Waals surface area contributed by atoms with Crippen LogP contribution in [0, 0.1) is 5.82 Å². The summed E-state index contributed by atoms with van der Waals surface area (Å²) < 4.78 is 13.0. The van der Waals surface area contributed by atoms with E-state index in [0.717, 1.165) is 11.3 Å². The zero-order chi connectivity index (χ0) is 11.4. The van der Waals surface area contributed by atoms with Gasteiger partial charge in [-0.1, -0.05) is 25.6 Å². The van der Waals surface area contributed by atoms with Crippen molar-refractivity contribution in [2.45, 2.75) is 32.7 Å². The smallest absolute Gasteiger partial charge is 0.123 e. The molecule has 0 bridgehead atoms. The molecule has 0 fully saturated rings. The van der Waals surface area contributed by atoms with Crippen LogP contribution in [-0.2, 0) is 0 Å². The van der Waals surface area contributed by atoms with Crippen LogP contribution in [0.3, 0.4) is 0 Å². The lowest BCUT2D eigenvalue weighted by Crippen LogP contribution is -2.29. The molecule has 0 spiro atoms. The van der Waals surface area contributed by atoms with E-state index in [2.05, 4.69) is 25.7 Å². The van der Waals surface area contributed by atoms with Gasteiger partial charge in [-0.2, -0.15) is 0 Å². The van der Waals surface area contributed by atoms with Gasteiger partial charge in [0.05, 0.1) is 0 Å². The van der Waals surface area contributed by atoms with Gasteiger partial charge in [0.1, 0.15) is 5.82 Å². The van der Waals surface area contributed by atoms with Gasteiger partial charge in [0.2, 0.25) is 0 Å². The van der Waals surface area contributed by atoms with E-state index in [4.69, 9.17) is 0 Å². The zero-order valence-electron chi connectivity index (χ0n) is 9.55. The Kier molecular flexibility index (Phi) is 3.89. The molecule has 1 aromatic carbocycles.